The molecule has 0 unspecified atom stereocenters. The fourth-order valence-corrected chi connectivity index (χ4v) is 1.40. The minimum absolute atomic E-state index is 0.241. The highest BCUT2D eigenvalue weighted by Gasteiger charge is 2.08. The second-order valence-electron chi connectivity index (χ2n) is 3.31. The SMILES string of the molecule is CN1CCCC(=NNC(N)=S)CC1. The summed E-state index contributed by atoms with van der Waals surface area (Å²) in [5.74, 6) is 0. The Balaban J connectivity index is 2.41. The van der Waals surface area contributed by atoms with Crippen LogP contribution in [0.2, 0.25) is 0 Å². The standard InChI is InChI=1S/C8H16N4S/c1-12-5-2-3-7(4-6-12)10-11-8(9)13/h2-6H2,1H3,(H3,9,11,13). The zero-order valence-electron chi connectivity index (χ0n) is 7.92. The maximum Gasteiger partial charge on any atom is 0.184 e. The molecule has 0 aliphatic carbocycles. The molecule has 13 heavy (non-hydrogen) atoms. The van der Waals surface area contributed by atoms with Crippen LogP contribution in [0.25, 0.3) is 0 Å². The summed E-state index contributed by atoms with van der Waals surface area (Å²) in [6.45, 7) is 2.21. The van der Waals surface area contributed by atoms with E-state index in [0.717, 1.165) is 38.1 Å². The first kappa shape index (κ1) is 10.4. The van der Waals surface area contributed by atoms with E-state index in [1.165, 1.54) is 0 Å². The number of rotatable bonds is 1. The highest BCUT2D eigenvalue weighted by Crippen LogP contribution is 2.05. The van der Waals surface area contributed by atoms with E-state index in [0.29, 0.717) is 0 Å². The van der Waals surface area contributed by atoms with Gasteiger partial charge in [0.15, 0.2) is 5.11 Å². The van der Waals surface area contributed by atoms with E-state index in [9.17, 15) is 0 Å². The van der Waals surface area contributed by atoms with Crippen LogP contribution in [0.3, 0.4) is 0 Å². The molecule has 0 amide bonds. The van der Waals surface area contributed by atoms with Gasteiger partial charge in [-0.25, -0.2) is 0 Å². The summed E-state index contributed by atoms with van der Waals surface area (Å²) < 4.78 is 0. The first-order valence-electron chi connectivity index (χ1n) is 4.48. The second-order valence-corrected chi connectivity index (χ2v) is 3.75. The van der Waals surface area contributed by atoms with Gasteiger partial charge in [0.25, 0.3) is 0 Å². The molecule has 0 aromatic carbocycles. The van der Waals surface area contributed by atoms with Gasteiger partial charge in [-0.2, -0.15) is 5.10 Å². The molecule has 1 rings (SSSR count). The van der Waals surface area contributed by atoms with Gasteiger partial charge in [-0.15, -0.1) is 0 Å². The largest absolute Gasteiger partial charge is 0.375 e. The smallest absolute Gasteiger partial charge is 0.184 e. The van der Waals surface area contributed by atoms with Gasteiger partial charge in [-0.1, -0.05) is 0 Å². The van der Waals surface area contributed by atoms with Gasteiger partial charge in [0.2, 0.25) is 0 Å². The summed E-state index contributed by atoms with van der Waals surface area (Å²) in [7, 11) is 2.13. The van der Waals surface area contributed by atoms with Crippen molar-refractivity contribution >= 4 is 23.0 Å². The molecule has 5 heteroatoms. The molecular formula is C8H16N4S. The van der Waals surface area contributed by atoms with E-state index in [1.807, 2.05) is 0 Å². The van der Waals surface area contributed by atoms with Crippen LogP contribution in [-0.4, -0.2) is 35.9 Å². The third-order valence-electron chi connectivity index (χ3n) is 2.11. The van der Waals surface area contributed by atoms with E-state index in [2.05, 4.69) is 34.7 Å². The molecule has 0 aromatic heterocycles. The average Bonchev–Trinajstić information content (AvgIpc) is 2.27. The predicted molar refractivity (Wildman–Crippen MR) is 58.7 cm³/mol. The number of nitrogens with zero attached hydrogens (tertiary/aromatic N) is 2. The van der Waals surface area contributed by atoms with Crippen LogP contribution in [0, 0.1) is 0 Å². The van der Waals surface area contributed by atoms with Crippen molar-refractivity contribution in [3.63, 3.8) is 0 Å². The Labute approximate surface area is 84.2 Å². The number of hydrogen-bond acceptors (Lipinski definition) is 3. The summed E-state index contributed by atoms with van der Waals surface area (Å²) in [6.07, 6.45) is 3.21. The molecule has 1 aliphatic heterocycles. The Kier molecular flexibility index (Phi) is 4.11. The molecule has 4 nitrogen and oxygen atoms in total. The number of nitrogens with one attached hydrogen (secondary N) is 1. The van der Waals surface area contributed by atoms with Crippen molar-refractivity contribution in [2.24, 2.45) is 10.8 Å². The van der Waals surface area contributed by atoms with Crippen molar-refractivity contribution < 1.29 is 0 Å². The van der Waals surface area contributed by atoms with Gasteiger partial charge >= 0.3 is 0 Å². The molecule has 1 fully saturated rings. The fourth-order valence-electron chi connectivity index (χ4n) is 1.36. The Bertz CT molecular complexity index is 214. The number of nitrogens with two attached hydrogens (primary N) is 1. The monoisotopic (exact) mass is 200 g/mol. The number of likely N-dealkylation sites (tertiary alicyclic amines) is 1. The summed E-state index contributed by atoms with van der Waals surface area (Å²) in [6, 6.07) is 0. The van der Waals surface area contributed by atoms with Crippen LogP contribution in [0.5, 0.6) is 0 Å². The Hall–Kier alpha value is -0.680. The van der Waals surface area contributed by atoms with Crippen molar-refractivity contribution in [3.05, 3.63) is 0 Å². The first-order valence-corrected chi connectivity index (χ1v) is 4.89. The molecular weight excluding hydrogens is 184 g/mol. The molecule has 0 atom stereocenters. The maximum absolute atomic E-state index is 5.28. The lowest BCUT2D eigenvalue weighted by Gasteiger charge is -2.10. The van der Waals surface area contributed by atoms with Crippen LogP contribution in [0.4, 0.5) is 0 Å². The zero-order chi connectivity index (χ0) is 9.68. The van der Waals surface area contributed by atoms with Crippen molar-refractivity contribution in [1.29, 1.82) is 0 Å². The molecule has 0 aromatic rings. The Morgan fingerprint density at radius 2 is 2.31 bits per heavy atom. The van der Waals surface area contributed by atoms with Crippen molar-refractivity contribution in [2.45, 2.75) is 19.3 Å². The lowest BCUT2D eigenvalue weighted by Crippen LogP contribution is -2.25. The highest BCUT2D eigenvalue weighted by molar-refractivity contribution is 7.80. The lowest BCUT2D eigenvalue weighted by atomic mass is 10.2. The molecule has 1 aliphatic rings. The highest BCUT2D eigenvalue weighted by atomic mass is 32.1. The van der Waals surface area contributed by atoms with Crippen LogP contribution in [-0.2, 0) is 0 Å². The van der Waals surface area contributed by atoms with Gasteiger partial charge in [0.05, 0.1) is 0 Å². The molecule has 0 spiro atoms. The van der Waals surface area contributed by atoms with E-state index in [4.69, 9.17) is 5.73 Å². The van der Waals surface area contributed by atoms with Gasteiger partial charge < -0.3 is 10.6 Å². The van der Waals surface area contributed by atoms with E-state index in [1.54, 1.807) is 0 Å². The third kappa shape index (κ3) is 4.19. The molecule has 0 saturated carbocycles. The molecule has 0 bridgehead atoms. The van der Waals surface area contributed by atoms with Gasteiger partial charge in [-0.3, -0.25) is 5.43 Å². The van der Waals surface area contributed by atoms with Crippen molar-refractivity contribution in [3.8, 4) is 0 Å². The van der Waals surface area contributed by atoms with Gasteiger partial charge in [0, 0.05) is 18.7 Å². The maximum atomic E-state index is 5.28. The van der Waals surface area contributed by atoms with Gasteiger partial charge in [-0.05, 0) is 38.7 Å². The summed E-state index contributed by atoms with van der Waals surface area (Å²) in [4.78, 5) is 2.31. The van der Waals surface area contributed by atoms with Crippen molar-refractivity contribution in [2.75, 3.05) is 20.1 Å². The van der Waals surface area contributed by atoms with Crippen LogP contribution < -0.4 is 11.2 Å². The number of thiocarbonyl (C=S) groups is 1. The summed E-state index contributed by atoms with van der Waals surface area (Å²) in [5, 5.41) is 4.39. The summed E-state index contributed by atoms with van der Waals surface area (Å²) >= 11 is 4.67. The van der Waals surface area contributed by atoms with Crippen LogP contribution in [0.15, 0.2) is 5.10 Å². The fraction of sp³-hybridized carbons (Fsp3) is 0.750. The second kappa shape index (κ2) is 5.14. The van der Waals surface area contributed by atoms with Crippen LogP contribution in [0.1, 0.15) is 19.3 Å². The minimum atomic E-state index is 0.241. The first-order chi connectivity index (χ1) is 6.18. The molecule has 1 saturated heterocycles. The molecule has 3 N–H and O–H groups in total. The third-order valence-corrected chi connectivity index (χ3v) is 2.20. The number of hydrazone groups is 1. The molecule has 74 valence electrons. The van der Waals surface area contributed by atoms with E-state index < -0.39 is 0 Å². The molecule has 0 radical (unpaired) electrons. The minimum Gasteiger partial charge on any atom is -0.375 e. The van der Waals surface area contributed by atoms with E-state index in [-0.39, 0.29) is 5.11 Å². The zero-order valence-corrected chi connectivity index (χ0v) is 8.73. The van der Waals surface area contributed by atoms with E-state index >= 15 is 0 Å². The Morgan fingerprint density at radius 1 is 1.54 bits per heavy atom. The number of hydrogen-bond donors (Lipinski definition) is 2. The Morgan fingerprint density at radius 3 is 3.00 bits per heavy atom. The van der Waals surface area contributed by atoms with Crippen LogP contribution >= 0.6 is 12.2 Å². The predicted octanol–water partition coefficient (Wildman–Crippen LogP) is 0.291. The van der Waals surface area contributed by atoms with Crippen molar-refractivity contribution in [1.82, 2.24) is 10.3 Å². The normalized spacial score (nSPS) is 22.7. The lowest BCUT2D eigenvalue weighted by molar-refractivity contribution is 0.352. The average molecular weight is 200 g/mol. The van der Waals surface area contributed by atoms with Gasteiger partial charge in [0.1, 0.15) is 0 Å². The quantitative estimate of drug-likeness (QED) is 0.472. The topological polar surface area (TPSA) is 53.6 Å². The molecule has 1 heterocycles. The summed E-state index contributed by atoms with van der Waals surface area (Å²) in [5.41, 5.74) is 9.08.